The Morgan fingerprint density at radius 2 is 2.06 bits per heavy atom. The van der Waals surface area contributed by atoms with E-state index in [2.05, 4.69) is 4.74 Å². The largest absolute Gasteiger partial charge is 0.479 e. The molecule has 0 bridgehead atoms. The molecule has 1 aliphatic rings. The molecular formula is C12H12O5. The number of carbonyl (C=O) groups excluding carboxylic acids is 2. The summed E-state index contributed by atoms with van der Waals surface area (Å²) in [5.74, 6) is -0.222. The average Bonchev–Trinajstić information content (AvgIpc) is 2.75. The number of esters is 2. The van der Waals surface area contributed by atoms with Gasteiger partial charge < -0.3 is 14.2 Å². The zero-order chi connectivity index (χ0) is 12.3. The van der Waals surface area contributed by atoms with Crippen LogP contribution < -0.4 is 4.74 Å². The molecule has 1 heterocycles. The summed E-state index contributed by atoms with van der Waals surface area (Å²) in [5.41, 5.74) is 0.439. The van der Waals surface area contributed by atoms with Gasteiger partial charge in [0.15, 0.2) is 6.10 Å². The van der Waals surface area contributed by atoms with Gasteiger partial charge in [-0.2, -0.15) is 0 Å². The molecule has 0 aliphatic carbocycles. The average molecular weight is 236 g/mol. The van der Waals surface area contributed by atoms with E-state index < -0.39 is 12.1 Å². The normalized spacial score (nSPS) is 18.6. The molecule has 0 saturated carbocycles. The van der Waals surface area contributed by atoms with E-state index in [1.807, 2.05) is 0 Å². The number of rotatable bonds is 3. The fourth-order valence-corrected chi connectivity index (χ4v) is 1.54. The zero-order valence-corrected chi connectivity index (χ0v) is 9.34. The third kappa shape index (κ3) is 2.55. The second-order valence-corrected chi connectivity index (χ2v) is 3.58. The number of methoxy groups -OCH3 is 1. The van der Waals surface area contributed by atoms with Crippen LogP contribution in [0, 0.1) is 0 Å². The van der Waals surface area contributed by atoms with Crippen LogP contribution in [0.15, 0.2) is 24.3 Å². The van der Waals surface area contributed by atoms with Crippen LogP contribution in [0.3, 0.4) is 0 Å². The third-order valence-electron chi connectivity index (χ3n) is 2.44. The molecule has 0 aromatic heterocycles. The summed E-state index contributed by atoms with van der Waals surface area (Å²) in [6.07, 6.45) is 0.0105. The molecule has 1 aromatic carbocycles. The fourth-order valence-electron chi connectivity index (χ4n) is 1.54. The molecule has 5 heteroatoms. The van der Waals surface area contributed by atoms with Crippen LogP contribution >= 0.6 is 0 Å². The van der Waals surface area contributed by atoms with Crippen molar-refractivity contribution in [3.05, 3.63) is 29.8 Å². The van der Waals surface area contributed by atoms with Crippen molar-refractivity contribution in [2.45, 2.75) is 12.5 Å². The van der Waals surface area contributed by atoms with E-state index in [1.54, 1.807) is 24.3 Å². The first-order valence-electron chi connectivity index (χ1n) is 5.22. The van der Waals surface area contributed by atoms with Crippen LogP contribution in [0.1, 0.15) is 16.8 Å². The SMILES string of the molecule is COC(=O)c1ccc(OC2CCOC2=O)cc1. The molecule has 1 unspecified atom stereocenters. The first-order chi connectivity index (χ1) is 8.20. The Morgan fingerprint density at radius 1 is 1.35 bits per heavy atom. The van der Waals surface area contributed by atoms with Crippen molar-refractivity contribution in [1.29, 1.82) is 0 Å². The topological polar surface area (TPSA) is 61.8 Å². The monoisotopic (exact) mass is 236 g/mol. The number of hydrogen-bond donors (Lipinski definition) is 0. The number of hydrogen-bond acceptors (Lipinski definition) is 5. The molecule has 17 heavy (non-hydrogen) atoms. The standard InChI is InChI=1S/C12H12O5/c1-15-11(13)8-2-4-9(5-3-8)17-10-6-7-16-12(10)14/h2-5,10H,6-7H2,1H3. The highest BCUT2D eigenvalue weighted by Crippen LogP contribution is 2.18. The molecule has 0 amide bonds. The number of ether oxygens (including phenoxy) is 3. The highest BCUT2D eigenvalue weighted by Gasteiger charge is 2.28. The lowest BCUT2D eigenvalue weighted by molar-refractivity contribution is -0.143. The molecule has 90 valence electrons. The van der Waals surface area contributed by atoms with Crippen molar-refractivity contribution in [1.82, 2.24) is 0 Å². The lowest BCUT2D eigenvalue weighted by atomic mass is 10.2. The van der Waals surface area contributed by atoms with Gasteiger partial charge in [-0.1, -0.05) is 0 Å². The summed E-state index contributed by atoms with van der Waals surface area (Å²) in [6.45, 7) is 0.393. The Labute approximate surface area is 98.3 Å². The molecular weight excluding hydrogens is 224 g/mol. The molecule has 0 spiro atoms. The predicted octanol–water partition coefficient (Wildman–Crippen LogP) is 1.17. The molecule has 0 radical (unpaired) electrons. The molecule has 1 atom stereocenters. The van der Waals surface area contributed by atoms with Gasteiger partial charge in [-0.05, 0) is 24.3 Å². The van der Waals surface area contributed by atoms with Crippen molar-refractivity contribution in [3.8, 4) is 5.75 Å². The summed E-state index contributed by atoms with van der Waals surface area (Å²) in [5, 5.41) is 0. The van der Waals surface area contributed by atoms with Gasteiger partial charge in [-0.3, -0.25) is 0 Å². The van der Waals surface area contributed by atoms with Gasteiger partial charge >= 0.3 is 11.9 Å². The van der Waals surface area contributed by atoms with Gasteiger partial charge in [0.25, 0.3) is 0 Å². The highest BCUT2D eigenvalue weighted by molar-refractivity contribution is 5.89. The van der Waals surface area contributed by atoms with Crippen LogP contribution in [0.2, 0.25) is 0 Å². The van der Waals surface area contributed by atoms with E-state index in [0.29, 0.717) is 24.3 Å². The van der Waals surface area contributed by atoms with Gasteiger partial charge in [0, 0.05) is 6.42 Å². The number of benzene rings is 1. The smallest absolute Gasteiger partial charge is 0.347 e. The minimum atomic E-state index is -0.543. The molecule has 0 N–H and O–H groups in total. The lowest BCUT2D eigenvalue weighted by Crippen LogP contribution is -2.21. The van der Waals surface area contributed by atoms with E-state index in [1.165, 1.54) is 7.11 Å². The maximum atomic E-state index is 11.2. The van der Waals surface area contributed by atoms with Crippen LogP contribution in [0.25, 0.3) is 0 Å². The summed E-state index contributed by atoms with van der Waals surface area (Å²) in [7, 11) is 1.32. The molecule has 1 saturated heterocycles. The molecule has 1 aliphatic heterocycles. The molecule has 1 aromatic rings. The first-order valence-corrected chi connectivity index (χ1v) is 5.22. The van der Waals surface area contributed by atoms with E-state index in [9.17, 15) is 9.59 Å². The minimum absolute atomic E-state index is 0.345. The quantitative estimate of drug-likeness (QED) is 0.737. The summed E-state index contributed by atoms with van der Waals surface area (Å²) in [4.78, 5) is 22.4. The number of cyclic esters (lactones) is 1. The molecule has 2 rings (SSSR count). The molecule has 5 nitrogen and oxygen atoms in total. The van der Waals surface area contributed by atoms with E-state index >= 15 is 0 Å². The van der Waals surface area contributed by atoms with Gasteiger partial charge in [0.1, 0.15) is 5.75 Å². The van der Waals surface area contributed by atoms with E-state index in [-0.39, 0.29) is 5.97 Å². The second kappa shape index (κ2) is 4.86. The first kappa shape index (κ1) is 11.4. The summed E-state index contributed by atoms with van der Waals surface area (Å²) in [6, 6.07) is 6.42. The van der Waals surface area contributed by atoms with Crippen LogP contribution in [-0.2, 0) is 14.3 Å². The maximum absolute atomic E-state index is 11.2. The van der Waals surface area contributed by atoms with Gasteiger partial charge in [0.2, 0.25) is 0 Å². The Morgan fingerprint density at radius 3 is 2.59 bits per heavy atom. The minimum Gasteiger partial charge on any atom is -0.479 e. The summed E-state index contributed by atoms with van der Waals surface area (Å²) < 4.78 is 14.8. The Bertz CT molecular complexity index is 423. The Balaban J connectivity index is 2.03. The van der Waals surface area contributed by atoms with Crippen molar-refractivity contribution in [2.75, 3.05) is 13.7 Å². The van der Waals surface area contributed by atoms with Crippen LogP contribution in [-0.4, -0.2) is 31.8 Å². The maximum Gasteiger partial charge on any atom is 0.347 e. The Hall–Kier alpha value is -2.04. The van der Waals surface area contributed by atoms with Crippen LogP contribution in [0.5, 0.6) is 5.75 Å². The highest BCUT2D eigenvalue weighted by atomic mass is 16.6. The van der Waals surface area contributed by atoms with E-state index in [0.717, 1.165) is 0 Å². The van der Waals surface area contributed by atoms with Crippen molar-refractivity contribution < 1.29 is 23.8 Å². The third-order valence-corrected chi connectivity index (χ3v) is 2.44. The Kier molecular flexibility index (Phi) is 3.27. The molecule has 1 fully saturated rings. The van der Waals surface area contributed by atoms with Crippen LogP contribution in [0.4, 0.5) is 0 Å². The zero-order valence-electron chi connectivity index (χ0n) is 9.34. The van der Waals surface area contributed by atoms with Crippen molar-refractivity contribution in [3.63, 3.8) is 0 Å². The summed E-state index contributed by atoms with van der Waals surface area (Å²) >= 11 is 0. The van der Waals surface area contributed by atoms with Crippen molar-refractivity contribution in [2.24, 2.45) is 0 Å². The fraction of sp³-hybridized carbons (Fsp3) is 0.333. The lowest BCUT2D eigenvalue weighted by Gasteiger charge is -2.09. The predicted molar refractivity (Wildman–Crippen MR) is 57.8 cm³/mol. The van der Waals surface area contributed by atoms with Gasteiger partial charge in [-0.25, -0.2) is 9.59 Å². The van der Waals surface area contributed by atoms with Gasteiger partial charge in [-0.15, -0.1) is 0 Å². The van der Waals surface area contributed by atoms with E-state index in [4.69, 9.17) is 9.47 Å². The van der Waals surface area contributed by atoms with Crippen molar-refractivity contribution >= 4 is 11.9 Å². The second-order valence-electron chi connectivity index (χ2n) is 3.58. The number of carbonyl (C=O) groups is 2. The van der Waals surface area contributed by atoms with Gasteiger partial charge in [0.05, 0.1) is 19.3 Å².